The number of hydrogen-bond acceptors (Lipinski definition) is 6. The van der Waals surface area contributed by atoms with Crippen LogP contribution in [0.1, 0.15) is 25.1 Å². The molecular formula is C25H26N6O2S. The fourth-order valence-corrected chi connectivity index (χ4v) is 4.89. The van der Waals surface area contributed by atoms with Crippen molar-refractivity contribution in [1.29, 1.82) is 0 Å². The number of nitrogens with zero attached hydrogens (tertiary/aromatic N) is 5. The van der Waals surface area contributed by atoms with Crippen molar-refractivity contribution in [2.75, 3.05) is 18.2 Å². The van der Waals surface area contributed by atoms with E-state index >= 15 is 0 Å². The Morgan fingerprint density at radius 1 is 1.12 bits per heavy atom. The molecule has 0 saturated heterocycles. The first-order valence-corrected chi connectivity index (χ1v) is 12.3. The molecule has 4 aromatic rings. The zero-order chi connectivity index (χ0) is 23.3. The number of nitrogens with one attached hydrogen (secondary N) is 1. The molecule has 1 aliphatic heterocycles. The van der Waals surface area contributed by atoms with Crippen LogP contribution in [0.3, 0.4) is 0 Å². The molecule has 0 unspecified atom stereocenters. The minimum Gasteiger partial charge on any atom is -0.497 e. The van der Waals surface area contributed by atoms with Gasteiger partial charge in [0.15, 0.2) is 11.0 Å². The summed E-state index contributed by atoms with van der Waals surface area (Å²) < 4.78 is 9.47. The highest BCUT2D eigenvalue weighted by molar-refractivity contribution is 7.99. The number of aryl methyl sites for hydroxylation is 1. The van der Waals surface area contributed by atoms with E-state index in [2.05, 4.69) is 25.1 Å². The van der Waals surface area contributed by atoms with Crippen molar-refractivity contribution in [3.63, 3.8) is 0 Å². The lowest BCUT2D eigenvalue weighted by molar-refractivity contribution is -0.113. The number of thioether (sulfide) groups is 1. The van der Waals surface area contributed by atoms with Gasteiger partial charge >= 0.3 is 0 Å². The summed E-state index contributed by atoms with van der Waals surface area (Å²) in [5, 5.41) is 12.6. The van der Waals surface area contributed by atoms with Crippen molar-refractivity contribution in [2.24, 2.45) is 0 Å². The van der Waals surface area contributed by atoms with Crippen LogP contribution in [-0.4, -0.2) is 43.1 Å². The lowest BCUT2D eigenvalue weighted by Gasteiger charge is -2.10. The summed E-state index contributed by atoms with van der Waals surface area (Å²) in [6, 6.07) is 15.5. The maximum atomic E-state index is 12.7. The predicted molar refractivity (Wildman–Crippen MR) is 132 cm³/mol. The summed E-state index contributed by atoms with van der Waals surface area (Å²) in [6.07, 6.45) is 8.07. The molecule has 8 nitrogen and oxygen atoms in total. The molecule has 0 atom stereocenters. The maximum Gasteiger partial charge on any atom is 0.234 e. The van der Waals surface area contributed by atoms with Crippen LogP contribution >= 0.6 is 11.8 Å². The van der Waals surface area contributed by atoms with Crippen molar-refractivity contribution >= 4 is 23.4 Å². The smallest absolute Gasteiger partial charge is 0.234 e. The first kappa shape index (κ1) is 22.2. The van der Waals surface area contributed by atoms with Crippen LogP contribution in [0.5, 0.6) is 5.75 Å². The number of ether oxygens (including phenoxy) is 1. The van der Waals surface area contributed by atoms with Crippen molar-refractivity contribution in [3.8, 4) is 22.8 Å². The van der Waals surface area contributed by atoms with Crippen LogP contribution in [0.15, 0.2) is 66.1 Å². The van der Waals surface area contributed by atoms with Gasteiger partial charge in [-0.1, -0.05) is 36.4 Å². The Hall–Kier alpha value is -3.59. The quantitative estimate of drug-likeness (QED) is 0.394. The number of anilines is 1. The second-order valence-corrected chi connectivity index (χ2v) is 9.04. The summed E-state index contributed by atoms with van der Waals surface area (Å²) in [5.74, 6) is 2.82. The lowest BCUT2D eigenvalue weighted by atomic mass is 10.2. The van der Waals surface area contributed by atoms with E-state index in [1.807, 2.05) is 59.3 Å². The Morgan fingerprint density at radius 3 is 2.94 bits per heavy atom. The van der Waals surface area contributed by atoms with Gasteiger partial charge in [-0.3, -0.25) is 9.36 Å². The van der Waals surface area contributed by atoms with Crippen molar-refractivity contribution in [3.05, 3.63) is 66.7 Å². The van der Waals surface area contributed by atoms with Gasteiger partial charge in [0.05, 0.1) is 18.6 Å². The van der Waals surface area contributed by atoms with Crippen LogP contribution in [0.2, 0.25) is 0 Å². The number of rotatable bonds is 7. The molecule has 2 aromatic carbocycles. The third kappa shape index (κ3) is 4.84. The Morgan fingerprint density at radius 2 is 2.03 bits per heavy atom. The van der Waals surface area contributed by atoms with Gasteiger partial charge in [0, 0.05) is 42.7 Å². The molecule has 1 amide bonds. The minimum atomic E-state index is -0.0950. The van der Waals surface area contributed by atoms with Gasteiger partial charge in [-0.2, -0.15) is 0 Å². The monoisotopic (exact) mass is 474 g/mol. The lowest BCUT2D eigenvalue weighted by Crippen LogP contribution is -2.14. The molecule has 174 valence electrons. The number of benzene rings is 2. The Labute approximate surface area is 202 Å². The van der Waals surface area contributed by atoms with E-state index in [0.717, 1.165) is 65.3 Å². The molecule has 0 radical (unpaired) electrons. The van der Waals surface area contributed by atoms with Gasteiger partial charge in [0.1, 0.15) is 11.6 Å². The highest BCUT2D eigenvalue weighted by atomic mass is 32.2. The van der Waals surface area contributed by atoms with Gasteiger partial charge in [-0.05, 0) is 37.1 Å². The molecule has 1 aliphatic rings. The Kier molecular flexibility index (Phi) is 6.62. The molecule has 9 heteroatoms. The molecule has 1 N–H and O–H groups in total. The molecular weight excluding hydrogens is 448 g/mol. The van der Waals surface area contributed by atoms with Crippen LogP contribution < -0.4 is 10.1 Å². The number of fused-ring (bicyclic) bond motifs is 1. The van der Waals surface area contributed by atoms with E-state index in [1.54, 1.807) is 13.3 Å². The second-order valence-electron chi connectivity index (χ2n) is 8.10. The number of hydrogen-bond donors (Lipinski definition) is 1. The van der Waals surface area contributed by atoms with Crippen LogP contribution in [0.4, 0.5) is 5.69 Å². The topological polar surface area (TPSA) is 86.9 Å². The fourth-order valence-electron chi connectivity index (χ4n) is 4.12. The SMILES string of the molecule is COc1cccc(-n2ccnc2SCC(=O)Nc2cccc(-c3nnc4n3CCCCC4)c2)c1. The average molecular weight is 475 g/mol. The highest BCUT2D eigenvalue weighted by Gasteiger charge is 2.17. The normalized spacial score (nSPS) is 13.2. The summed E-state index contributed by atoms with van der Waals surface area (Å²) >= 11 is 1.38. The first-order valence-electron chi connectivity index (χ1n) is 11.3. The average Bonchev–Trinajstić information content (AvgIpc) is 3.44. The third-order valence-corrected chi connectivity index (χ3v) is 6.75. The van der Waals surface area contributed by atoms with E-state index in [0.29, 0.717) is 0 Å². The molecule has 34 heavy (non-hydrogen) atoms. The number of carbonyl (C=O) groups is 1. The molecule has 0 saturated carbocycles. The molecule has 5 rings (SSSR count). The highest BCUT2D eigenvalue weighted by Crippen LogP contribution is 2.26. The van der Waals surface area contributed by atoms with Crippen molar-refractivity contribution < 1.29 is 9.53 Å². The van der Waals surface area contributed by atoms with E-state index < -0.39 is 0 Å². The maximum absolute atomic E-state index is 12.7. The minimum absolute atomic E-state index is 0.0950. The van der Waals surface area contributed by atoms with Crippen LogP contribution in [-0.2, 0) is 17.8 Å². The molecule has 0 fully saturated rings. The summed E-state index contributed by atoms with van der Waals surface area (Å²) in [4.78, 5) is 17.1. The second kappa shape index (κ2) is 10.1. The van der Waals surface area contributed by atoms with Gasteiger partial charge in [0.2, 0.25) is 5.91 Å². The first-order chi connectivity index (χ1) is 16.7. The van der Waals surface area contributed by atoms with E-state index in [1.165, 1.54) is 18.2 Å². The molecule has 0 aliphatic carbocycles. The fraction of sp³-hybridized carbons (Fsp3) is 0.280. The largest absolute Gasteiger partial charge is 0.497 e. The van der Waals surface area contributed by atoms with Crippen molar-refractivity contribution in [1.82, 2.24) is 24.3 Å². The van der Waals surface area contributed by atoms with Gasteiger partial charge in [0.25, 0.3) is 0 Å². The summed E-state index contributed by atoms with van der Waals surface area (Å²) in [6.45, 7) is 0.935. The zero-order valence-corrected chi connectivity index (χ0v) is 19.8. The summed E-state index contributed by atoms with van der Waals surface area (Å²) in [7, 11) is 1.64. The van der Waals surface area contributed by atoms with Crippen LogP contribution in [0.25, 0.3) is 17.1 Å². The van der Waals surface area contributed by atoms with Crippen molar-refractivity contribution in [2.45, 2.75) is 37.4 Å². The predicted octanol–water partition coefficient (Wildman–Crippen LogP) is 4.60. The molecule has 2 aromatic heterocycles. The summed E-state index contributed by atoms with van der Waals surface area (Å²) in [5.41, 5.74) is 2.63. The van der Waals surface area contributed by atoms with Gasteiger partial charge < -0.3 is 14.6 Å². The van der Waals surface area contributed by atoms with Crippen LogP contribution in [0, 0.1) is 0 Å². The Balaban J connectivity index is 1.25. The molecule has 0 spiro atoms. The Bertz CT molecular complexity index is 1300. The zero-order valence-electron chi connectivity index (χ0n) is 19.0. The number of imidazole rings is 1. The number of amides is 1. The standard InChI is InChI=1S/C25H26N6O2S/c1-33-21-10-6-9-20(16-21)30-14-12-26-25(30)34-17-23(32)27-19-8-5-7-18(15-19)24-29-28-22-11-3-2-4-13-31(22)24/h5-10,12,14-16H,2-4,11,13,17H2,1H3,(H,27,32). The molecule has 3 heterocycles. The van der Waals surface area contributed by atoms with E-state index in [4.69, 9.17) is 4.74 Å². The van der Waals surface area contributed by atoms with Gasteiger partial charge in [-0.15, -0.1) is 10.2 Å². The molecule has 0 bridgehead atoms. The van der Waals surface area contributed by atoms with E-state index in [-0.39, 0.29) is 11.7 Å². The van der Waals surface area contributed by atoms with Gasteiger partial charge in [-0.25, -0.2) is 4.98 Å². The number of carbonyl (C=O) groups excluding carboxylic acids is 1. The van der Waals surface area contributed by atoms with E-state index in [9.17, 15) is 4.79 Å². The number of methoxy groups -OCH3 is 1. The number of aromatic nitrogens is 5. The third-order valence-electron chi connectivity index (χ3n) is 5.78.